The minimum absolute atomic E-state index is 0.0352. The van der Waals surface area contributed by atoms with Crippen LogP contribution in [0, 0.1) is 5.41 Å². The number of halogens is 3. The maximum Gasteiger partial charge on any atom is 0.387 e. The number of fused-ring (bicyclic) bond motifs is 1. The van der Waals surface area contributed by atoms with Gasteiger partial charge in [-0.3, -0.25) is 4.79 Å². The van der Waals surface area contributed by atoms with Gasteiger partial charge in [-0.15, -0.1) is 0 Å². The van der Waals surface area contributed by atoms with E-state index in [0.717, 1.165) is 56.5 Å². The van der Waals surface area contributed by atoms with Crippen molar-refractivity contribution in [2.45, 2.75) is 38.7 Å². The molecule has 5 rings (SSSR count). The molecule has 0 N–H and O–H groups in total. The third-order valence-corrected chi connectivity index (χ3v) is 7.18. The molecule has 0 unspecified atom stereocenters. The fourth-order valence-electron chi connectivity index (χ4n) is 5.22. The topological polar surface area (TPSA) is 58.6 Å². The minimum atomic E-state index is -2.91. The number of nitrogens with zero attached hydrogens (tertiary/aromatic N) is 4. The van der Waals surface area contributed by atoms with Gasteiger partial charge in [0.2, 0.25) is 11.9 Å². The van der Waals surface area contributed by atoms with Crippen LogP contribution in [0.15, 0.2) is 30.9 Å². The zero-order chi connectivity index (χ0) is 23.2. The summed E-state index contributed by atoms with van der Waals surface area (Å²) >= 11 is 6.50. The molecule has 3 aliphatic rings. The third kappa shape index (κ3) is 4.16. The summed E-state index contributed by atoms with van der Waals surface area (Å²) in [4.78, 5) is 25.7. The van der Waals surface area contributed by atoms with Gasteiger partial charge in [-0.25, -0.2) is 9.97 Å². The molecule has 1 aromatic carbocycles. The van der Waals surface area contributed by atoms with Crippen molar-refractivity contribution in [1.29, 1.82) is 0 Å². The van der Waals surface area contributed by atoms with Crippen LogP contribution in [0.4, 0.5) is 14.7 Å². The molecule has 0 bridgehead atoms. The van der Waals surface area contributed by atoms with E-state index in [1.807, 2.05) is 4.90 Å². The number of aryl methyl sites for hydroxylation is 1. The van der Waals surface area contributed by atoms with Crippen molar-refractivity contribution >= 4 is 23.5 Å². The number of carbonyl (C=O) groups is 1. The predicted molar refractivity (Wildman–Crippen MR) is 122 cm³/mol. The lowest BCUT2D eigenvalue weighted by Gasteiger charge is -2.47. The molecule has 1 spiro atoms. The Morgan fingerprint density at radius 2 is 2.00 bits per heavy atom. The lowest BCUT2D eigenvalue weighted by Crippen LogP contribution is -2.59. The van der Waals surface area contributed by atoms with E-state index in [0.29, 0.717) is 35.3 Å². The summed E-state index contributed by atoms with van der Waals surface area (Å²) in [6.45, 7) is 3.66. The first-order valence-corrected chi connectivity index (χ1v) is 11.6. The molecular weight excluding hydrogens is 450 g/mol. The van der Waals surface area contributed by atoms with Crippen LogP contribution < -0.4 is 9.64 Å². The van der Waals surface area contributed by atoms with Crippen LogP contribution >= 0.6 is 11.6 Å². The highest BCUT2D eigenvalue weighted by molar-refractivity contribution is 6.33. The maximum absolute atomic E-state index is 12.8. The maximum atomic E-state index is 12.8. The number of ether oxygens (including phenoxy) is 1. The monoisotopic (exact) mass is 474 g/mol. The standard InChI is InChI=1S/C24H25ClF2N4O2/c1-2-20(32)31-13-24(14-31)9-10-30(12-24)23-28-19-6-4-3-5-16(19)21(29-23)17-11-15(33-22(26)27)7-8-18(17)25/h2,7-8,11,22H,1,3-6,9-10,12-14H2. The number of anilines is 1. The zero-order valence-electron chi connectivity index (χ0n) is 18.2. The fraction of sp³-hybridized carbons (Fsp3) is 0.458. The van der Waals surface area contributed by atoms with E-state index in [4.69, 9.17) is 21.6 Å². The normalized spacial score (nSPS) is 18.9. The van der Waals surface area contributed by atoms with Gasteiger partial charge in [-0.2, -0.15) is 8.78 Å². The first-order chi connectivity index (χ1) is 15.9. The molecule has 0 saturated carbocycles. The number of carbonyl (C=O) groups excluding carboxylic acids is 1. The van der Waals surface area contributed by atoms with E-state index in [9.17, 15) is 13.6 Å². The number of alkyl halides is 2. The summed E-state index contributed by atoms with van der Waals surface area (Å²) in [5.74, 6) is 0.648. The first kappa shape index (κ1) is 22.1. The molecule has 0 atom stereocenters. The van der Waals surface area contributed by atoms with E-state index in [1.165, 1.54) is 18.2 Å². The Bertz CT molecular complexity index is 1100. The van der Waals surface area contributed by atoms with Crippen molar-refractivity contribution in [3.05, 3.63) is 47.1 Å². The number of amides is 1. The molecule has 3 heterocycles. The smallest absolute Gasteiger partial charge is 0.387 e. The van der Waals surface area contributed by atoms with E-state index in [1.54, 1.807) is 6.07 Å². The number of likely N-dealkylation sites (tertiary alicyclic amines) is 1. The van der Waals surface area contributed by atoms with E-state index in [-0.39, 0.29) is 17.1 Å². The second kappa shape index (κ2) is 8.56. The largest absolute Gasteiger partial charge is 0.435 e. The molecule has 9 heteroatoms. The van der Waals surface area contributed by atoms with Gasteiger partial charge in [-0.05, 0) is 56.4 Å². The van der Waals surface area contributed by atoms with Gasteiger partial charge < -0.3 is 14.5 Å². The Balaban J connectivity index is 1.47. The summed E-state index contributed by atoms with van der Waals surface area (Å²) < 4.78 is 30.2. The van der Waals surface area contributed by atoms with Crippen LogP contribution in [0.25, 0.3) is 11.3 Å². The van der Waals surface area contributed by atoms with E-state index in [2.05, 4.69) is 16.2 Å². The van der Waals surface area contributed by atoms with Crippen LogP contribution in [-0.4, -0.2) is 53.6 Å². The fourth-order valence-corrected chi connectivity index (χ4v) is 5.43. The highest BCUT2D eigenvalue weighted by atomic mass is 35.5. The molecule has 1 aromatic heterocycles. The van der Waals surface area contributed by atoms with Crippen LogP contribution in [0.5, 0.6) is 5.75 Å². The molecule has 2 aliphatic heterocycles. The molecule has 0 radical (unpaired) electrons. The predicted octanol–water partition coefficient (Wildman–Crippen LogP) is 4.50. The van der Waals surface area contributed by atoms with Crippen molar-refractivity contribution in [2.75, 3.05) is 31.1 Å². The van der Waals surface area contributed by atoms with Crippen molar-refractivity contribution in [2.24, 2.45) is 5.41 Å². The number of rotatable bonds is 5. The van der Waals surface area contributed by atoms with Gasteiger partial charge in [0.05, 0.1) is 10.7 Å². The molecule has 174 valence electrons. The highest BCUT2D eigenvalue weighted by Gasteiger charge is 2.49. The average Bonchev–Trinajstić information content (AvgIpc) is 3.24. The van der Waals surface area contributed by atoms with Crippen molar-refractivity contribution < 1.29 is 18.3 Å². The molecule has 33 heavy (non-hydrogen) atoms. The summed E-state index contributed by atoms with van der Waals surface area (Å²) in [5.41, 5.74) is 3.35. The lowest BCUT2D eigenvalue weighted by atomic mass is 9.79. The Kier molecular flexibility index (Phi) is 5.72. The molecule has 2 fully saturated rings. The number of benzene rings is 1. The van der Waals surface area contributed by atoms with E-state index < -0.39 is 6.61 Å². The van der Waals surface area contributed by atoms with Gasteiger partial charge in [-0.1, -0.05) is 18.2 Å². The Hall–Kier alpha value is -2.74. The van der Waals surface area contributed by atoms with Gasteiger partial charge in [0.25, 0.3) is 0 Å². The minimum Gasteiger partial charge on any atom is -0.435 e. The molecule has 2 saturated heterocycles. The van der Waals surface area contributed by atoms with E-state index >= 15 is 0 Å². The van der Waals surface area contributed by atoms with Crippen LogP contribution in [0.3, 0.4) is 0 Å². The van der Waals surface area contributed by atoms with Gasteiger partial charge >= 0.3 is 6.61 Å². The third-order valence-electron chi connectivity index (χ3n) is 6.85. The molecule has 1 aliphatic carbocycles. The molecular formula is C24H25ClF2N4O2. The summed E-state index contributed by atoms with van der Waals surface area (Å²) in [6.07, 6.45) is 6.06. The van der Waals surface area contributed by atoms with Crippen LogP contribution in [0.2, 0.25) is 5.02 Å². The summed E-state index contributed by atoms with van der Waals surface area (Å²) in [7, 11) is 0. The SMILES string of the molecule is C=CC(=O)N1CC2(CCN(c3nc4c(c(-c5cc(OC(F)F)ccc5Cl)n3)CCCC4)C2)C1. The average molecular weight is 475 g/mol. The molecule has 1 amide bonds. The number of hydrogen-bond acceptors (Lipinski definition) is 5. The summed E-state index contributed by atoms with van der Waals surface area (Å²) in [6, 6.07) is 4.53. The van der Waals surface area contributed by atoms with Crippen molar-refractivity contribution in [3.63, 3.8) is 0 Å². The van der Waals surface area contributed by atoms with Gasteiger partial charge in [0.1, 0.15) is 5.75 Å². The Morgan fingerprint density at radius 3 is 2.76 bits per heavy atom. The first-order valence-electron chi connectivity index (χ1n) is 11.2. The Labute approximate surface area is 196 Å². The number of aromatic nitrogens is 2. The summed E-state index contributed by atoms with van der Waals surface area (Å²) in [5, 5.41) is 0.435. The molecule has 2 aromatic rings. The molecule has 6 nitrogen and oxygen atoms in total. The van der Waals surface area contributed by atoms with Crippen LogP contribution in [0.1, 0.15) is 30.5 Å². The Morgan fingerprint density at radius 1 is 1.21 bits per heavy atom. The second-order valence-corrected chi connectivity index (χ2v) is 9.50. The van der Waals surface area contributed by atoms with Gasteiger partial charge in [0, 0.05) is 48.4 Å². The zero-order valence-corrected chi connectivity index (χ0v) is 19.0. The highest BCUT2D eigenvalue weighted by Crippen LogP contribution is 2.42. The number of hydrogen-bond donors (Lipinski definition) is 0. The quantitative estimate of drug-likeness (QED) is 0.597. The lowest BCUT2D eigenvalue weighted by molar-refractivity contribution is -0.136. The van der Waals surface area contributed by atoms with Crippen molar-refractivity contribution in [3.8, 4) is 17.0 Å². The van der Waals surface area contributed by atoms with Crippen LogP contribution in [-0.2, 0) is 17.6 Å². The van der Waals surface area contributed by atoms with Gasteiger partial charge in [0.15, 0.2) is 0 Å². The second-order valence-electron chi connectivity index (χ2n) is 9.09. The van der Waals surface area contributed by atoms with Crippen molar-refractivity contribution in [1.82, 2.24) is 14.9 Å².